The third kappa shape index (κ3) is 8.85. The molecule has 4 rings (SSSR count). The topological polar surface area (TPSA) is 105 Å². The van der Waals surface area contributed by atoms with Crippen molar-refractivity contribution >= 4 is 93.5 Å². The van der Waals surface area contributed by atoms with Crippen LogP contribution in [-0.4, -0.2) is 37.1 Å². The summed E-state index contributed by atoms with van der Waals surface area (Å²) in [6.45, 7) is 8.72. The Morgan fingerprint density at radius 2 is 0.896 bits per heavy atom. The van der Waals surface area contributed by atoms with Gasteiger partial charge in [0.25, 0.3) is 0 Å². The number of rotatable bonds is 14. The van der Waals surface area contributed by atoms with E-state index in [-0.39, 0.29) is 43.3 Å². The van der Waals surface area contributed by atoms with Crippen molar-refractivity contribution in [1.29, 1.82) is 0 Å². The Labute approximate surface area is 309 Å². The summed E-state index contributed by atoms with van der Waals surface area (Å²) in [6, 6.07) is 2.27. The third-order valence-corrected chi connectivity index (χ3v) is 11.5. The zero-order chi connectivity index (χ0) is 35.4. The van der Waals surface area contributed by atoms with Crippen molar-refractivity contribution in [2.24, 2.45) is 35.5 Å². The summed E-state index contributed by atoms with van der Waals surface area (Å²) in [7, 11) is 0. The maximum Gasteiger partial charge on any atom is 0.423 e. The fourth-order valence-electron chi connectivity index (χ4n) is 6.56. The summed E-state index contributed by atoms with van der Waals surface area (Å²) >= 11 is 37.5. The largest absolute Gasteiger partial charge is 0.462 e. The number of benzene rings is 2. The van der Waals surface area contributed by atoms with E-state index >= 15 is 0 Å². The van der Waals surface area contributed by atoms with Gasteiger partial charge in [-0.2, -0.15) is 0 Å². The van der Waals surface area contributed by atoms with E-state index in [0.29, 0.717) is 48.3 Å². The molecule has 6 unspecified atom stereocenters. The number of halogens is 6. The smallest absolute Gasteiger partial charge is 0.423 e. The maximum absolute atomic E-state index is 13.1. The standard InChI is InChI=1S/C34H36Cl6O8/c1-5-7-17-15(3)19(17)9-11-45-31(41)25-27(39)21(35)13-23(37)29(25)47-33(43)34(44)48-30-24(38)14-22(36)28(40)26(30)32(42)46-12-10-20-16(4)18(20)8-6-2/h13-20H,5-12H2,1-4H3. The van der Waals surface area contributed by atoms with Gasteiger partial charge in [0.1, 0.15) is 11.1 Å². The van der Waals surface area contributed by atoms with Gasteiger partial charge in [-0.1, -0.05) is 123 Å². The van der Waals surface area contributed by atoms with E-state index < -0.39 is 46.5 Å². The molecule has 8 nitrogen and oxygen atoms in total. The molecule has 0 aliphatic heterocycles. The molecular formula is C34H36Cl6O8. The second kappa shape index (κ2) is 16.8. The van der Waals surface area contributed by atoms with Crippen LogP contribution in [0.1, 0.15) is 86.9 Å². The average molecular weight is 785 g/mol. The second-order valence-corrected chi connectivity index (χ2v) is 14.7. The summed E-state index contributed by atoms with van der Waals surface area (Å²) in [4.78, 5) is 52.3. The molecule has 0 radical (unpaired) electrons. The molecule has 2 aromatic rings. The van der Waals surface area contributed by atoms with Gasteiger partial charge in [-0.25, -0.2) is 19.2 Å². The molecule has 2 fully saturated rings. The van der Waals surface area contributed by atoms with Crippen molar-refractivity contribution in [1.82, 2.24) is 0 Å². The van der Waals surface area contributed by atoms with Crippen LogP contribution in [-0.2, 0) is 19.1 Å². The lowest BCUT2D eigenvalue weighted by Crippen LogP contribution is -2.27. The Balaban J connectivity index is 1.46. The van der Waals surface area contributed by atoms with Gasteiger partial charge in [-0.3, -0.25) is 0 Å². The van der Waals surface area contributed by atoms with Gasteiger partial charge < -0.3 is 18.9 Å². The zero-order valence-corrected chi connectivity index (χ0v) is 31.3. The van der Waals surface area contributed by atoms with Gasteiger partial charge in [0, 0.05) is 0 Å². The van der Waals surface area contributed by atoms with Gasteiger partial charge >= 0.3 is 23.9 Å². The van der Waals surface area contributed by atoms with Crippen LogP contribution >= 0.6 is 69.6 Å². The predicted molar refractivity (Wildman–Crippen MR) is 186 cm³/mol. The SMILES string of the molecule is CCCC1C(C)C1CCOC(=O)c1c(Cl)c(Cl)cc(Cl)c1OC(=O)C(=O)Oc1c(Cl)cc(Cl)c(Cl)c1C(=O)OCCC1C(C)C1CCC. The van der Waals surface area contributed by atoms with Crippen LogP contribution in [0.5, 0.6) is 11.5 Å². The molecule has 2 saturated carbocycles. The fraction of sp³-hybridized carbons (Fsp3) is 0.529. The van der Waals surface area contributed by atoms with E-state index in [1.165, 1.54) is 0 Å². The summed E-state index contributed by atoms with van der Waals surface area (Å²) in [5.74, 6) is -3.24. The normalized spacial score (nSPS) is 22.5. The monoisotopic (exact) mass is 782 g/mol. The lowest BCUT2D eigenvalue weighted by molar-refractivity contribution is -0.156. The second-order valence-electron chi connectivity index (χ2n) is 12.3. The van der Waals surface area contributed by atoms with Gasteiger partial charge in [0.2, 0.25) is 0 Å². The minimum absolute atomic E-state index is 0.0810. The Bertz CT molecular complexity index is 1460. The molecule has 0 aromatic heterocycles. The van der Waals surface area contributed by atoms with Gasteiger partial charge in [-0.05, 0) is 60.5 Å². The highest BCUT2D eigenvalue weighted by Gasteiger charge is 2.46. The van der Waals surface area contributed by atoms with E-state index in [9.17, 15) is 19.2 Å². The van der Waals surface area contributed by atoms with Crippen molar-refractivity contribution in [3.05, 3.63) is 53.4 Å². The van der Waals surface area contributed by atoms with Crippen LogP contribution in [0.3, 0.4) is 0 Å². The molecule has 2 aliphatic carbocycles. The van der Waals surface area contributed by atoms with Crippen molar-refractivity contribution in [2.75, 3.05) is 13.2 Å². The summed E-state index contributed by atoms with van der Waals surface area (Å²) in [5, 5.41) is -1.44. The van der Waals surface area contributed by atoms with Crippen LogP contribution in [0, 0.1) is 35.5 Å². The van der Waals surface area contributed by atoms with E-state index in [2.05, 4.69) is 27.7 Å². The molecule has 14 heteroatoms. The highest BCUT2D eigenvalue weighted by atomic mass is 35.5. The molecule has 2 aromatic carbocycles. The van der Waals surface area contributed by atoms with Crippen molar-refractivity contribution in [2.45, 2.75) is 66.2 Å². The van der Waals surface area contributed by atoms with Crippen LogP contribution in [0.4, 0.5) is 0 Å². The number of carbonyl (C=O) groups is 4. The lowest BCUT2D eigenvalue weighted by Gasteiger charge is -2.15. The van der Waals surface area contributed by atoms with Crippen molar-refractivity contribution < 1.29 is 38.1 Å². The Kier molecular flexibility index (Phi) is 13.6. The van der Waals surface area contributed by atoms with E-state index in [0.717, 1.165) is 37.8 Å². The molecule has 0 spiro atoms. The first-order valence-corrected chi connectivity index (χ1v) is 18.1. The maximum atomic E-state index is 13.1. The number of carbonyl (C=O) groups excluding carboxylic acids is 4. The molecule has 2 aliphatic rings. The van der Waals surface area contributed by atoms with Crippen LogP contribution < -0.4 is 9.47 Å². The molecule has 0 amide bonds. The Hall–Kier alpha value is -1.94. The minimum Gasteiger partial charge on any atom is -0.462 e. The van der Waals surface area contributed by atoms with Crippen LogP contribution in [0.25, 0.3) is 0 Å². The Morgan fingerprint density at radius 1 is 0.562 bits per heavy atom. The van der Waals surface area contributed by atoms with E-state index in [1.54, 1.807) is 0 Å². The molecule has 0 N–H and O–H groups in total. The highest BCUT2D eigenvalue weighted by molar-refractivity contribution is 6.47. The molecule has 0 bridgehead atoms. The first-order valence-electron chi connectivity index (χ1n) is 15.9. The van der Waals surface area contributed by atoms with Gasteiger partial charge in [0.05, 0.1) is 43.3 Å². The minimum atomic E-state index is -1.63. The molecule has 0 saturated heterocycles. The van der Waals surface area contributed by atoms with E-state index in [4.69, 9.17) is 88.6 Å². The van der Waals surface area contributed by atoms with Crippen molar-refractivity contribution in [3.63, 3.8) is 0 Å². The zero-order valence-electron chi connectivity index (χ0n) is 26.8. The number of esters is 4. The number of hydrogen-bond acceptors (Lipinski definition) is 8. The molecular weight excluding hydrogens is 749 g/mol. The van der Waals surface area contributed by atoms with Gasteiger partial charge in [0.15, 0.2) is 11.5 Å². The third-order valence-electron chi connectivity index (χ3n) is 9.35. The summed E-state index contributed by atoms with van der Waals surface area (Å²) in [5.41, 5.74) is -0.903. The van der Waals surface area contributed by atoms with Crippen LogP contribution in [0.15, 0.2) is 12.1 Å². The summed E-state index contributed by atoms with van der Waals surface area (Å²) < 4.78 is 21.3. The summed E-state index contributed by atoms with van der Waals surface area (Å²) in [6.07, 6.45) is 5.61. The van der Waals surface area contributed by atoms with Crippen molar-refractivity contribution in [3.8, 4) is 11.5 Å². The average Bonchev–Trinajstić information content (AvgIpc) is 3.87. The predicted octanol–water partition coefficient (Wildman–Crippen LogP) is 10.6. The highest BCUT2D eigenvalue weighted by Crippen LogP contribution is 2.52. The fourth-order valence-corrected chi connectivity index (χ4v) is 8.00. The van der Waals surface area contributed by atoms with Gasteiger partial charge in [-0.15, -0.1) is 0 Å². The number of hydrogen-bond donors (Lipinski definition) is 0. The molecule has 6 atom stereocenters. The first-order chi connectivity index (χ1) is 22.7. The molecule has 48 heavy (non-hydrogen) atoms. The van der Waals surface area contributed by atoms with E-state index in [1.807, 2.05) is 0 Å². The lowest BCUT2D eigenvalue weighted by atomic mass is 10.1. The van der Waals surface area contributed by atoms with Crippen LogP contribution in [0.2, 0.25) is 30.1 Å². The molecule has 262 valence electrons. The Morgan fingerprint density at radius 3 is 1.23 bits per heavy atom. The quantitative estimate of drug-likeness (QED) is 0.0807. The number of ether oxygens (including phenoxy) is 4. The first kappa shape index (κ1) is 38.9. The molecule has 0 heterocycles.